The molecule has 1 rings (SSSR count). The van der Waals surface area contributed by atoms with Crippen LogP contribution >= 0.6 is 0 Å². The molecule has 0 aromatic heterocycles. The highest BCUT2D eigenvalue weighted by molar-refractivity contribution is 4.77. The zero-order chi connectivity index (χ0) is 12.5. The van der Waals surface area contributed by atoms with E-state index in [-0.39, 0.29) is 6.10 Å². The molecule has 0 saturated heterocycles. The van der Waals surface area contributed by atoms with Crippen molar-refractivity contribution in [2.75, 3.05) is 26.9 Å². The van der Waals surface area contributed by atoms with E-state index in [9.17, 15) is 5.11 Å². The van der Waals surface area contributed by atoms with Crippen molar-refractivity contribution in [3.63, 3.8) is 0 Å². The molecule has 1 aliphatic carbocycles. The van der Waals surface area contributed by atoms with E-state index in [1.807, 2.05) is 0 Å². The van der Waals surface area contributed by atoms with Crippen molar-refractivity contribution in [3.8, 4) is 0 Å². The first-order chi connectivity index (χ1) is 8.27. The van der Waals surface area contributed by atoms with Crippen molar-refractivity contribution in [2.24, 2.45) is 11.8 Å². The minimum Gasteiger partial charge on any atom is -0.393 e. The second-order valence-electron chi connectivity index (χ2n) is 5.16. The third-order valence-corrected chi connectivity index (χ3v) is 3.93. The van der Waals surface area contributed by atoms with E-state index in [1.165, 1.54) is 32.1 Å². The van der Waals surface area contributed by atoms with Crippen molar-refractivity contribution >= 4 is 0 Å². The quantitative estimate of drug-likeness (QED) is 0.667. The van der Waals surface area contributed by atoms with E-state index < -0.39 is 0 Å². The van der Waals surface area contributed by atoms with Gasteiger partial charge in [-0.3, -0.25) is 0 Å². The fourth-order valence-corrected chi connectivity index (χ4v) is 2.74. The van der Waals surface area contributed by atoms with Crippen molar-refractivity contribution in [3.05, 3.63) is 0 Å². The molecule has 0 aromatic carbocycles. The minimum absolute atomic E-state index is 0.174. The van der Waals surface area contributed by atoms with Gasteiger partial charge < -0.3 is 14.6 Å². The van der Waals surface area contributed by atoms with Crippen LogP contribution in [0.4, 0.5) is 0 Å². The Morgan fingerprint density at radius 2 is 2.06 bits per heavy atom. The van der Waals surface area contributed by atoms with Crippen LogP contribution in [0.25, 0.3) is 0 Å². The Hall–Kier alpha value is -0.120. The Balaban J connectivity index is 2.11. The summed E-state index contributed by atoms with van der Waals surface area (Å²) in [5.41, 5.74) is 0. The fraction of sp³-hybridized carbons (Fsp3) is 1.00. The predicted octanol–water partition coefficient (Wildman–Crippen LogP) is 2.62. The summed E-state index contributed by atoms with van der Waals surface area (Å²) in [4.78, 5) is 0. The molecule has 0 radical (unpaired) electrons. The standard InChI is InChI=1S/C14H28O3/c1-3-12-5-4-6-13(11-12)14(15)7-8-17-10-9-16-2/h12-15H,3-11H2,1-2H3. The Morgan fingerprint density at radius 3 is 2.76 bits per heavy atom. The molecular weight excluding hydrogens is 216 g/mol. The van der Waals surface area contributed by atoms with Gasteiger partial charge in [-0.15, -0.1) is 0 Å². The van der Waals surface area contributed by atoms with Gasteiger partial charge in [0.15, 0.2) is 0 Å². The Labute approximate surface area is 105 Å². The fourth-order valence-electron chi connectivity index (χ4n) is 2.74. The summed E-state index contributed by atoms with van der Waals surface area (Å²) in [6.45, 7) is 4.17. The molecule has 3 heteroatoms. The van der Waals surface area contributed by atoms with Gasteiger partial charge in [0.05, 0.1) is 19.3 Å². The predicted molar refractivity (Wildman–Crippen MR) is 69.1 cm³/mol. The van der Waals surface area contributed by atoms with Gasteiger partial charge in [0.2, 0.25) is 0 Å². The van der Waals surface area contributed by atoms with Gasteiger partial charge in [-0.05, 0) is 31.1 Å². The van der Waals surface area contributed by atoms with Crippen LogP contribution in [-0.4, -0.2) is 38.1 Å². The first kappa shape index (κ1) is 14.9. The SMILES string of the molecule is CCC1CCCC(C(O)CCOCCOC)C1. The van der Waals surface area contributed by atoms with Crippen LogP contribution in [-0.2, 0) is 9.47 Å². The zero-order valence-electron chi connectivity index (χ0n) is 11.4. The number of aliphatic hydroxyl groups is 1. The lowest BCUT2D eigenvalue weighted by Gasteiger charge is -2.31. The van der Waals surface area contributed by atoms with Crippen LogP contribution in [0, 0.1) is 11.8 Å². The van der Waals surface area contributed by atoms with Gasteiger partial charge in [-0.1, -0.05) is 26.2 Å². The number of rotatable bonds is 8. The van der Waals surface area contributed by atoms with Crippen molar-refractivity contribution in [1.82, 2.24) is 0 Å². The lowest BCUT2D eigenvalue weighted by atomic mass is 9.77. The van der Waals surface area contributed by atoms with Gasteiger partial charge in [-0.25, -0.2) is 0 Å². The van der Waals surface area contributed by atoms with Crippen molar-refractivity contribution in [2.45, 2.75) is 51.6 Å². The Kier molecular flexibility index (Phi) is 7.82. The van der Waals surface area contributed by atoms with Gasteiger partial charge in [0.25, 0.3) is 0 Å². The molecule has 1 fully saturated rings. The molecular formula is C14H28O3. The Morgan fingerprint density at radius 1 is 1.24 bits per heavy atom. The maximum Gasteiger partial charge on any atom is 0.0700 e. The molecule has 102 valence electrons. The maximum absolute atomic E-state index is 10.1. The number of methoxy groups -OCH3 is 1. The molecule has 1 aliphatic rings. The summed E-state index contributed by atoms with van der Waals surface area (Å²) in [6, 6.07) is 0. The minimum atomic E-state index is -0.174. The summed E-state index contributed by atoms with van der Waals surface area (Å²) < 4.78 is 10.3. The van der Waals surface area contributed by atoms with E-state index in [1.54, 1.807) is 7.11 Å². The van der Waals surface area contributed by atoms with E-state index in [0.29, 0.717) is 25.7 Å². The average molecular weight is 244 g/mol. The van der Waals surface area contributed by atoms with Crippen LogP contribution in [0.15, 0.2) is 0 Å². The molecule has 3 nitrogen and oxygen atoms in total. The number of aliphatic hydroxyl groups excluding tert-OH is 1. The molecule has 3 unspecified atom stereocenters. The molecule has 0 bridgehead atoms. The molecule has 1 N–H and O–H groups in total. The largest absolute Gasteiger partial charge is 0.393 e. The summed E-state index contributed by atoms with van der Waals surface area (Å²) >= 11 is 0. The highest BCUT2D eigenvalue weighted by Gasteiger charge is 2.26. The van der Waals surface area contributed by atoms with Crippen molar-refractivity contribution < 1.29 is 14.6 Å². The van der Waals surface area contributed by atoms with Crippen LogP contribution in [0.5, 0.6) is 0 Å². The number of hydrogen-bond acceptors (Lipinski definition) is 3. The van der Waals surface area contributed by atoms with Gasteiger partial charge in [0.1, 0.15) is 0 Å². The summed E-state index contributed by atoms with van der Waals surface area (Å²) in [5.74, 6) is 1.33. The topological polar surface area (TPSA) is 38.7 Å². The lowest BCUT2D eigenvalue weighted by Crippen LogP contribution is -2.27. The third kappa shape index (κ3) is 5.84. The normalized spacial score (nSPS) is 27.0. The Bertz CT molecular complexity index is 184. The molecule has 0 aliphatic heterocycles. The van der Waals surface area contributed by atoms with E-state index >= 15 is 0 Å². The molecule has 1 saturated carbocycles. The molecule has 17 heavy (non-hydrogen) atoms. The van der Waals surface area contributed by atoms with Gasteiger partial charge >= 0.3 is 0 Å². The zero-order valence-corrected chi connectivity index (χ0v) is 11.4. The summed E-state index contributed by atoms with van der Waals surface area (Å²) in [7, 11) is 1.67. The molecule has 3 atom stereocenters. The van der Waals surface area contributed by atoms with Crippen LogP contribution < -0.4 is 0 Å². The highest BCUT2D eigenvalue weighted by Crippen LogP contribution is 2.33. The summed E-state index contributed by atoms with van der Waals surface area (Å²) in [6.07, 6.45) is 6.88. The second kappa shape index (κ2) is 8.90. The summed E-state index contributed by atoms with van der Waals surface area (Å²) in [5, 5.41) is 10.1. The van der Waals surface area contributed by atoms with Crippen LogP contribution in [0.1, 0.15) is 45.4 Å². The van der Waals surface area contributed by atoms with E-state index in [4.69, 9.17) is 9.47 Å². The maximum atomic E-state index is 10.1. The third-order valence-electron chi connectivity index (χ3n) is 3.93. The highest BCUT2D eigenvalue weighted by atomic mass is 16.5. The molecule has 0 heterocycles. The molecule has 0 spiro atoms. The first-order valence-electron chi connectivity index (χ1n) is 7.02. The second-order valence-corrected chi connectivity index (χ2v) is 5.16. The first-order valence-corrected chi connectivity index (χ1v) is 7.02. The smallest absolute Gasteiger partial charge is 0.0700 e. The average Bonchev–Trinajstić information content (AvgIpc) is 2.38. The number of ether oxygens (including phenoxy) is 2. The van der Waals surface area contributed by atoms with Gasteiger partial charge in [0, 0.05) is 13.7 Å². The van der Waals surface area contributed by atoms with Crippen LogP contribution in [0.3, 0.4) is 0 Å². The molecule has 0 aromatic rings. The van der Waals surface area contributed by atoms with Crippen LogP contribution in [0.2, 0.25) is 0 Å². The van der Waals surface area contributed by atoms with Crippen molar-refractivity contribution in [1.29, 1.82) is 0 Å². The number of hydrogen-bond donors (Lipinski definition) is 1. The monoisotopic (exact) mass is 244 g/mol. The lowest BCUT2D eigenvalue weighted by molar-refractivity contribution is 0.0174. The van der Waals surface area contributed by atoms with E-state index in [2.05, 4.69) is 6.92 Å². The molecule has 0 amide bonds. The van der Waals surface area contributed by atoms with E-state index in [0.717, 1.165) is 12.3 Å². The van der Waals surface area contributed by atoms with Gasteiger partial charge in [-0.2, -0.15) is 0 Å².